The molecule has 1 atom stereocenters. The molecule has 1 aliphatic rings. The van der Waals surface area contributed by atoms with E-state index in [0.717, 1.165) is 5.57 Å². The number of nitrogens with zero attached hydrogens (tertiary/aromatic N) is 1. The minimum Gasteiger partial charge on any atom is -0.345 e. The molecule has 16 heavy (non-hydrogen) atoms. The highest BCUT2D eigenvalue weighted by Gasteiger charge is 2.24. The van der Waals surface area contributed by atoms with Crippen LogP contribution in [0.1, 0.15) is 0 Å². The minimum absolute atomic E-state index is 0.0150. The van der Waals surface area contributed by atoms with Crippen molar-refractivity contribution >= 4 is 5.91 Å². The highest BCUT2D eigenvalue weighted by atomic mass is 16.6. The predicted octanol–water partition coefficient (Wildman–Crippen LogP) is -0.320. The first-order valence-electron chi connectivity index (χ1n) is 5.27. The average Bonchev–Trinajstić information content (AvgIpc) is 2.29. The zero-order valence-corrected chi connectivity index (χ0v) is 9.82. The van der Waals surface area contributed by atoms with Crippen molar-refractivity contribution in [3.05, 3.63) is 24.3 Å². The molecule has 0 aromatic rings. The highest BCUT2D eigenvalue weighted by Crippen LogP contribution is 2.08. The lowest BCUT2D eigenvalue weighted by Gasteiger charge is -2.26. The van der Waals surface area contributed by atoms with E-state index in [1.807, 2.05) is 6.08 Å². The van der Waals surface area contributed by atoms with Gasteiger partial charge in [0.2, 0.25) is 0 Å². The Labute approximate surface area is 96.1 Å². The monoisotopic (exact) mass is 225 g/mol. The molecule has 0 bridgehead atoms. The second-order valence-corrected chi connectivity index (χ2v) is 3.79. The molecule has 0 aromatic heterocycles. The summed E-state index contributed by atoms with van der Waals surface area (Å²) >= 11 is 0. The first-order valence-corrected chi connectivity index (χ1v) is 5.27. The van der Waals surface area contributed by atoms with Crippen LogP contribution in [0.25, 0.3) is 0 Å². The second-order valence-electron chi connectivity index (χ2n) is 3.79. The van der Waals surface area contributed by atoms with Crippen molar-refractivity contribution in [2.75, 3.05) is 33.8 Å². The lowest BCUT2D eigenvalue weighted by atomic mass is 10.0. The minimum atomic E-state index is -0.108. The summed E-state index contributed by atoms with van der Waals surface area (Å²) in [5, 5.41) is 3.17. The molecule has 1 aliphatic heterocycles. The molecule has 0 fully saturated rings. The van der Waals surface area contributed by atoms with Crippen molar-refractivity contribution in [1.29, 1.82) is 0 Å². The molecular weight excluding hydrogens is 206 g/mol. The molecule has 1 heterocycles. The number of nitrogens with one attached hydrogen (secondary N) is 2. The molecule has 0 aliphatic carbocycles. The molecule has 5 heteroatoms. The van der Waals surface area contributed by atoms with Gasteiger partial charge in [-0.15, -0.1) is 6.58 Å². The van der Waals surface area contributed by atoms with Crippen LogP contribution in [-0.2, 0) is 9.63 Å². The summed E-state index contributed by atoms with van der Waals surface area (Å²) in [6.07, 6.45) is 3.54. The standard InChI is InChI=1S/C11H19N3O2/c1-4-7-16-13-10-8-12-6-5-9(10)11(15)14(2)3/h4-5,10,12-13H,1,6-8H2,2-3H3. The maximum atomic E-state index is 11.9. The van der Waals surface area contributed by atoms with Crippen LogP contribution in [0.3, 0.4) is 0 Å². The maximum Gasteiger partial charge on any atom is 0.250 e. The van der Waals surface area contributed by atoms with Gasteiger partial charge in [-0.2, -0.15) is 5.48 Å². The molecule has 1 unspecified atom stereocenters. The Morgan fingerprint density at radius 3 is 3.19 bits per heavy atom. The van der Waals surface area contributed by atoms with Crippen LogP contribution in [-0.4, -0.2) is 50.6 Å². The van der Waals surface area contributed by atoms with E-state index in [1.165, 1.54) is 0 Å². The van der Waals surface area contributed by atoms with Crippen molar-refractivity contribution in [1.82, 2.24) is 15.7 Å². The summed E-state index contributed by atoms with van der Waals surface area (Å²) in [5.74, 6) is 0.0150. The first kappa shape index (κ1) is 12.9. The van der Waals surface area contributed by atoms with Gasteiger partial charge in [-0.05, 0) is 0 Å². The maximum absolute atomic E-state index is 11.9. The van der Waals surface area contributed by atoms with Crippen molar-refractivity contribution in [3.8, 4) is 0 Å². The quantitative estimate of drug-likeness (QED) is 0.382. The van der Waals surface area contributed by atoms with Gasteiger partial charge in [0.1, 0.15) is 0 Å². The van der Waals surface area contributed by atoms with E-state index < -0.39 is 0 Å². The zero-order chi connectivity index (χ0) is 12.0. The lowest BCUT2D eigenvalue weighted by molar-refractivity contribution is -0.125. The third kappa shape index (κ3) is 3.44. The van der Waals surface area contributed by atoms with Crippen molar-refractivity contribution in [3.63, 3.8) is 0 Å². The lowest BCUT2D eigenvalue weighted by Crippen LogP contribution is -2.47. The third-order valence-corrected chi connectivity index (χ3v) is 2.27. The molecular formula is C11H19N3O2. The smallest absolute Gasteiger partial charge is 0.250 e. The largest absolute Gasteiger partial charge is 0.345 e. The highest BCUT2D eigenvalue weighted by molar-refractivity contribution is 5.94. The molecule has 2 N–H and O–H groups in total. The van der Waals surface area contributed by atoms with Crippen LogP contribution < -0.4 is 10.8 Å². The molecule has 90 valence electrons. The van der Waals surface area contributed by atoms with E-state index in [4.69, 9.17) is 4.84 Å². The summed E-state index contributed by atoms with van der Waals surface area (Å²) in [6.45, 7) is 5.37. The molecule has 0 aromatic carbocycles. The number of amides is 1. The zero-order valence-electron chi connectivity index (χ0n) is 9.82. The molecule has 0 saturated carbocycles. The molecule has 5 nitrogen and oxygen atoms in total. The summed E-state index contributed by atoms with van der Waals surface area (Å²) in [5.41, 5.74) is 3.60. The first-order chi connectivity index (χ1) is 7.66. The van der Waals surface area contributed by atoms with E-state index in [9.17, 15) is 4.79 Å². The van der Waals surface area contributed by atoms with Crippen LogP contribution in [0.2, 0.25) is 0 Å². The van der Waals surface area contributed by atoms with Crippen LogP contribution in [0.15, 0.2) is 24.3 Å². The summed E-state index contributed by atoms with van der Waals surface area (Å²) in [7, 11) is 3.49. The number of hydrogen-bond acceptors (Lipinski definition) is 4. The van der Waals surface area contributed by atoms with Gasteiger partial charge in [-0.25, -0.2) is 0 Å². The molecule has 0 saturated heterocycles. The topological polar surface area (TPSA) is 53.6 Å². The normalized spacial score (nSPS) is 20.1. The Kier molecular flexibility index (Phi) is 5.18. The number of hydroxylamine groups is 1. The van der Waals surface area contributed by atoms with Crippen LogP contribution >= 0.6 is 0 Å². The van der Waals surface area contributed by atoms with Gasteiger partial charge < -0.3 is 10.2 Å². The number of rotatable bonds is 5. The summed E-state index contributed by atoms with van der Waals surface area (Å²) < 4.78 is 0. The molecule has 0 radical (unpaired) electrons. The fourth-order valence-electron chi connectivity index (χ4n) is 1.47. The molecule has 1 amide bonds. The Hall–Kier alpha value is -1.17. The van der Waals surface area contributed by atoms with Gasteiger partial charge in [-0.1, -0.05) is 12.2 Å². The molecule has 1 rings (SSSR count). The van der Waals surface area contributed by atoms with Gasteiger partial charge >= 0.3 is 0 Å². The third-order valence-electron chi connectivity index (χ3n) is 2.27. The van der Waals surface area contributed by atoms with Crippen LogP contribution in [0.5, 0.6) is 0 Å². The fraction of sp³-hybridized carbons (Fsp3) is 0.545. The number of carbonyl (C=O) groups excluding carboxylic acids is 1. The predicted molar refractivity (Wildman–Crippen MR) is 62.7 cm³/mol. The number of hydrogen-bond donors (Lipinski definition) is 2. The van der Waals surface area contributed by atoms with Gasteiger partial charge in [0, 0.05) is 32.8 Å². The number of likely N-dealkylation sites (N-methyl/N-ethyl adjacent to an activating group) is 1. The van der Waals surface area contributed by atoms with E-state index in [1.54, 1.807) is 25.1 Å². The van der Waals surface area contributed by atoms with Gasteiger partial charge in [0.15, 0.2) is 0 Å². The SMILES string of the molecule is C=CCONC1CNCC=C1C(=O)N(C)C. The van der Waals surface area contributed by atoms with E-state index in [-0.39, 0.29) is 11.9 Å². The van der Waals surface area contributed by atoms with Crippen LogP contribution in [0.4, 0.5) is 0 Å². The Morgan fingerprint density at radius 1 is 1.81 bits per heavy atom. The van der Waals surface area contributed by atoms with E-state index in [2.05, 4.69) is 17.4 Å². The Morgan fingerprint density at radius 2 is 2.56 bits per heavy atom. The van der Waals surface area contributed by atoms with Gasteiger partial charge in [0.05, 0.1) is 12.6 Å². The van der Waals surface area contributed by atoms with E-state index >= 15 is 0 Å². The molecule has 0 spiro atoms. The van der Waals surface area contributed by atoms with Gasteiger partial charge in [0.25, 0.3) is 5.91 Å². The van der Waals surface area contributed by atoms with Gasteiger partial charge in [-0.3, -0.25) is 9.63 Å². The fourth-order valence-corrected chi connectivity index (χ4v) is 1.47. The summed E-state index contributed by atoms with van der Waals surface area (Å²) in [4.78, 5) is 18.6. The Bertz CT molecular complexity index is 287. The van der Waals surface area contributed by atoms with E-state index in [0.29, 0.717) is 19.7 Å². The average molecular weight is 225 g/mol. The van der Waals surface area contributed by atoms with Crippen molar-refractivity contribution in [2.45, 2.75) is 6.04 Å². The number of carbonyl (C=O) groups is 1. The van der Waals surface area contributed by atoms with Crippen molar-refractivity contribution < 1.29 is 9.63 Å². The second kappa shape index (κ2) is 6.42. The summed E-state index contributed by atoms with van der Waals surface area (Å²) in [6, 6.07) is -0.108. The van der Waals surface area contributed by atoms with Crippen molar-refractivity contribution in [2.24, 2.45) is 0 Å². The van der Waals surface area contributed by atoms with Crippen LogP contribution in [0, 0.1) is 0 Å². The Balaban J connectivity index is 2.59.